The molecule has 0 aliphatic carbocycles. The number of hydrogen-bond donors (Lipinski definition) is 0. The highest BCUT2D eigenvalue weighted by Gasteiger charge is 2.19. The molecule has 0 unspecified atom stereocenters. The van der Waals surface area contributed by atoms with Gasteiger partial charge in [0.25, 0.3) is 0 Å². The van der Waals surface area contributed by atoms with Crippen molar-refractivity contribution in [1.29, 1.82) is 0 Å². The maximum absolute atomic E-state index is 12.8. The van der Waals surface area contributed by atoms with Gasteiger partial charge < -0.3 is 14.2 Å². The van der Waals surface area contributed by atoms with E-state index in [1.807, 2.05) is 0 Å². The van der Waals surface area contributed by atoms with E-state index in [0.717, 1.165) is 64.2 Å². The highest BCUT2D eigenvalue weighted by molar-refractivity contribution is 5.71. The van der Waals surface area contributed by atoms with Crippen molar-refractivity contribution in [2.24, 2.45) is 0 Å². The molecule has 0 aromatic rings. The first-order valence-corrected chi connectivity index (χ1v) is 26.7. The van der Waals surface area contributed by atoms with Crippen LogP contribution in [-0.4, -0.2) is 37.2 Å². The number of carbonyl (C=O) groups excluding carboxylic acids is 3. The standard InChI is InChI=1S/C54H102O6/c1-4-7-10-13-16-19-22-24-26-27-28-30-32-35-38-41-44-47-53(56)59-50-51(49-58-52(55)46-43-40-37-34-31-21-18-15-12-9-6-3)60-54(57)48-45-42-39-36-33-29-25-23-20-17-14-11-8-5-2/h15,18,51H,4-14,16-17,19-50H2,1-3H3/b18-15-/t51-/m1/s1. The van der Waals surface area contributed by atoms with Gasteiger partial charge in [0, 0.05) is 19.3 Å². The second-order valence-electron chi connectivity index (χ2n) is 18.2. The number of carbonyl (C=O) groups is 3. The first kappa shape index (κ1) is 58.1. The lowest BCUT2D eigenvalue weighted by Gasteiger charge is -2.18. The van der Waals surface area contributed by atoms with Crippen LogP contribution < -0.4 is 0 Å². The Morgan fingerprint density at radius 1 is 0.317 bits per heavy atom. The van der Waals surface area contributed by atoms with Gasteiger partial charge in [0.05, 0.1) is 0 Å². The largest absolute Gasteiger partial charge is 0.462 e. The average Bonchev–Trinajstić information content (AvgIpc) is 3.24. The van der Waals surface area contributed by atoms with E-state index in [2.05, 4.69) is 32.9 Å². The van der Waals surface area contributed by atoms with Crippen LogP contribution in [0.2, 0.25) is 0 Å². The van der Waals surface area contributed by atoms with Crippen LogP contribution in [0.1, 0.15) is 297 Å². The van der Waals surface area contributed by atoms with Gasteiger partial charge in [-0.15, -0.1) is 0 Å². The number of rotatable bonds is 49. The van der Waals surface area contributed by atoms with Gasteiger partial charge in [-0.3, -0.25) is 14.4 Å². The van der Waals surface area contributed by atoms with Crippen LogP contribution in [0.3, 0.4) is 0 Å². The predicted octanol–water partition coefficient (Wildman–Crippen LogP) is 17.4. The summed E-state index contributed by atoms with van der Waals surface area (Å²) in [6.07, 6.45) is 54.8. The first-order valence-electron chi connectivity index (χ1n) is 26.7. The van der Waals surface area contributed by atoms with E-state index in [1.165, 1.54) is 193 Å². The molecule has 0 aromatic heterocycles. The fraction of sp³-hybridized carbons (Fsp3) is 0.907. The van der Waals surface area contributed by atoms with Crippen LogP contribution >= 0.6 is 0 Å². The molecule has 0 saturated heterocycles. The van der Waals surface area contributed by atoms with Gasteiger partial charge in [0.1, 0.15) is 13.2 Å². The fourth-order valence-corrected chi connectivity index (χ4v) is 7.95. The molecule has 0 saturated carbocycles. The maximum atomic E-state index is 12.8. The molecule has 0 spiro atoms. The van der Waals surface area contributed by atoms with Gasteiger partial charge in [-0.05, 0) is 38.5 Å². The lowest BCUT2D eigenvalue weighted by Crippen LogP contribution is -2.30. The normalized spacial score (nSPS) is 12.0. The minimum absolute atomic E-state index is 0.0670. The summed E-state index contributed by atoms with van der Waals surface area (Å²) in [5.41, 5.74) is 0. The third-order valence-electron chi connectivity index (χ3n) is 12.0. The zero-order valence-electron chi connectivity index (χ0n) is 40.5. The number of hydrogen-bond acceptors (Lipinski definition) is 6. The Kier molecular flexibility index (Phi) is 48.3. The van der Waals surface area contributed by atoms with Crippen molar-refractivity contribution >= 4 is 17.9 Å². The van der Waals surface area contributed by atoms with Crippen LogP contribution in [0.5, 0.6) is 0 Å². The number of esters is 3. The molecular weight excluding hydrogens is 745 g/mol. The van der Waals surface area contributed by atoms with Crippen molar-refractivity contribution in [3.05, 3.63) is 12.2 Å². The molecule has 0 aromatic carbocycles. The van der Waals surface area contributed by atoms with E-state index >= 15 is 0 Å². The summed E-state index contributed by atoms with van der Waals surface area (Å²) in [6.45, 7) is 6.64. The zero-order chi connectivity index (χ0) is 43.7. The van der Waals surface area contributed by atoms with E-state index in [1.54, 1.807) is 0 Å². The lowest BCUT2D eigenvalue weighted by atomic mass is 10.0. The quantitative estimate of drug-likeness (QED) is 0.0263. The molecule has 0 N–H and O–H groups in total. The second kappa shape index (κ2) is 49.8. The van der Waals surface area contributed by atoms with Gasteiger partial charge in [-0.1, -0.05) is 251 Å². The minimum Gasteiger partial charge on any atom is -0.462 e. The van der Waals surface area contributed by atoms with E-state index in [4.69, 9.17) is 14.2 Å². The molecule has 0 rings (SSSR count). The fourth-order valence-electron chi connectivity index (χ4n) is 7.95. The Morgan fingerprint density at radius 2 is 0.567 bits per heavy atom. The van der Waals surface area contributed by atoms with E-state index < -0.39 is 6.10 Å². The molecule has 0 bridgehead atoms. The van der Waals surface area contributed by atoms with Crippen LogP contribution in [0.15, 0.2) is 12.2 Å². The van der Waals surface area contributed by atoms with Crippen molar-refractivity contribution in [2.75, 3.05) is 13.2 Å². The monoisotopic (exact) mass is 847 g/mol. The van der Waals surface area contributed by atoms with E-state index in [0.29, 0.717) is 19.3 Å². The molecule has 354 valence electrons. The van der Waals surface area contributed by atoms with Crippen LogP contribution in [0.25, 0.3) is 0 Å². The Balaban J connectivity index is 4.29. The van der Waals surface area contributed by atoms with Crippen molar-refractivity contribution in [3.63, 3.8) is 0 Å². The summed E-state index contributed by atoms with van der Waals surface area (Å²) >= 11 is 0. The third kappa shape index (κ3) is 47.2. The predicted molar refractivity (Wildman–Crippen MR) is 256 cm³/mol. The van der Waals surface area contributed by atoms with E-state index in [-0.39, 0.29) is 31.1 Å². The van der Waals surface area contributed by atoms with Crippen LogP contribution in [0.4, 0.5) is 0 Å². The van der Waals surface area contributed by atoms with Crippen molar-refractivity contribution in [2.45, 2.75) is 303 Å². The lowest BCUT2D eigenvalue weighted by molar-refractivity contribution is -0.167. The summed E-state index contributed by atoms with van der Waals surface area (Å²) < 4.78 is 16.8. The second-order valence-corrected chi connectivity index (χ2v) is 18.2. The average molecular weight is 847 g/mol. The molecule has 6 nitrogen and oxygen atoms in total. The Bertz CT molecular complexity index is 931. The highest BCUT2D eigenvalue weighted by atomic mass is 16.6. The third-order valence-corrected chi connectivity index (χ3v) is 12.0. The Labute approximate surface area is 373 Å². The van der Waals surface area contributed by atoms with Crippen LogP contribution in [0, 0.1) is 0 Å². The Hall–Kier alpha value is -1.85. The van der Waals surface area contributed by atoms with Gasteiger partial charge in [-0.25, -0.2) is 0 Å². The maximum Gasteiger partial charge on any atom is 0.306 e. The van der Waals surface area contributed by atoms with Crippen molar-refractivity contribution in [3.8, 4) is 0 Å². The first-order chi connectivity index (χ1) is 29.5. The van der Waals surface area contributed by atoms with Gasteiger partial charge >= 0.3 is 17.9 Å². The molecule has 6 heteroatoms. The molecule has 60 heavy (non-hydrogen) atoms. The zero-order valence-corrected chi connectivity index (χ0v) is 40.5. The van der Waals surface area contributed by atoms with Gasteiger partial charge in [-0.2, -0.15) is 0 Å². The summed E-state index contributed by atoms with van der Waals surface area (Å²) in [7, 11) is 0. The van der Waals surface area contributed by atoms with Crippen molar-refractivity contribution < 1.29 is 28.6 Å². The molecular formula is C54H102O6. The summed E-state index contributed by atoms with van der Waals surface area (Å²) in [4.78, 5) is 37.9. The Morgan fingerprint density at radius 3 is 0.883 bits per heavy atom. The molecule has 0 fully saturated rings. The number of unbranched alkanes of at least 4 members (excludes halogenated alkanes) is 36. The summed E-state index contributed by atoms with van der Waals surface area (Å²) in [6, 6.07) is 0. The summed E-state index contributed by atoms with van der Waals surface area (Å²) in [5.74, 6) is -0.858. The number of allylic oxidation sites excluding steroid dienone is 2. The molecule has 1 atom stereocenters. The highest BCUT2D eigenvalue weighted by Crippen LogP contribution is 2.17. The molecule has 0 heterocycles. The topological polar surface area (TPSA) is 78.9 Å². The van der Waals surface area contributed by atoms with Crippen LogP contribution in [-0.2, 0) is 28.6 Å². The number of ether oxygens (including phenoxy) is 3. The SMILES string of the molecule is CCCC/C=C\CCCCCCCC(=O)OC[C@H](COC(=O)CCCCCCCCCCCCCCCCCCC)OC(=O)CCCCCCCCCCCCCCCC. The minimum atomic E-state index is -0.766. The summed E-state index contributed by atoms with van der Waals surface area (Å²) in [5, 5.41) is 0. The van der Waals surface area contributed by atoms with Gasteiger partial charge in [0.2, 0.25) is 0 Å². The molecule has 0 amide bonds. The van der Waals surface area contributed by atoms with Gasteiger partial charge in [0.15, 0.2) is 6.10 Å². The molecule has 0 radical (unpaired) electrons. The van der Waals surface area contributed by atoms with E-state index in [9.17, 15) is 14.4 Å². The van der Waals surface area contributed by atoms with Crippen molar-refractivity contribution in [1.82, 2.24) is 0 Å². The molecule has 0 aliphatic heterocycles. The molecule has 0 aliphatic rings. The smallest absolute Gasteiger partial charge is 0.306 e.